The summed E-state index contributed by atoms with van der Waals surface area (Å²) in [5.41, 5.74) is 5.86. The maximum atomic E-state index is 14.5. The molecule has 0 radical (unpaired) electrons. The predicted octanol–water partition coefficient (Wildman–Crippen LogP) is 9.64. The molecule has 0 fully saturated rings. The van der Waals surface area contributed by atoms with Gasteiger partial charge in [0.25, 0.3) is 0 Å². The summed E-state index contributed by atoms with van der Waals surface area (Å²) in [6.07, 6.45) is 0.608. The molecule has 0 aliphatic carbocycles. The van der Waals surface area contributed by atoms with Gasteiger partial charge in [-0.25, -0.2) is 22.4 Å². The molecule has 0 saturated heterocycles. The molecule has 0 atom stereocenters. The van der Waals surface area contributed by atoms with E-state index in [0.717, 1.165) is 34.4 Å². The number of hydrogen-bond donors (Lipinski definition) is 1. The Morgan fingerprint density at radius 3 is 1.61 bits per heavy atom. The van der Waals surface area contributed by atoms with Crippen molar-refractivity contribution >= 4 is 11.5 Å². The Hall–Kier alpha value is -5.37. The second kappa shape index (κ2) is 14.2. The SMILES string of the molecule is CCC(COc1ccc(OCC(=O)O)c(C)c1)=C(c1ccc(-c2ccc(F)cc2F)cc1)c1ccc(-c2ccc(F)cc2F)cc1. The standard InChI is InChI=1S/C38H30F4O4/c1-3-24(21-45-31-14-17-36(23(2)18-31)46-22-37(43)44)38(27-8-4-25(5-9-27)32-15-12-29(39)19-34(32)41)28-10-6-26(7-11-28)33-16-13-30(40)20-35(33)42/h4-20H,3,21-22H2,1-2H3,(H,43,44). The van der Waals surface area contributed by atoms with Crippen molar-refractivity contribution in [3.63, 3.8) is 0 Å². The van der Waals surface area contributed by atoms with E-state index in [1.807, 2.05) is 31.2 Å². The van der Waals surface area contributed by atoms with E-state index in [-0.39, 0.29) is 17.7 Å². The number of carbonyl (C=O) groups is 1. The monoisotopic (exact) mass is 626 g/mol. The Bertz CT molecular complexity index is 1800. The lowest BCUT2D eigenvalue weighted by Crippen LogP contribution is -2.10. The van der Waals surface area contributed by atoms with Crippen LogP contribution in [0, 0.1) is 30.2 Å². The fourth-order valence-electron chi connectivity index (χ4n) is 5.19. The zero-order valence-electron chi connectivity index (χ0n) is 25.1. The Labute approximate surface area is 264 Å². The minimum atomic E-state index is -1.07. The highest BCUT2D eigenvalue weighted by molar-refractivity contribution is 5.84. The molecular formula is C38H30F4O4. The number of halogens is 4. The molecule has 0 saturated carbocycles. The lowest BCUT2D eigenvalue weighted by atomic mass is 9.90. The smallest absolute Gasteiger partial charge is 0.341 e. The number of carboxylic acids is 1. The van der Waals surface area contributed by atoms with Gasteiger partial charge in [0, 0.05) is 23.3 Å². The number of benzene rings is 5. The second-order valence-corrected chi connectivity index (χ2v) is 10.6. The van der Waals surface area contributed by atoms with Gasteiger partial charge in [0.05, 0.1) is 0 Å². The summed E-state index contributed by atoms with van der Waals surface area (Å²) in [6.45, 7) is 3.55. The summed E-state index contributed by atoms with van der Waals surface area (Å²) >= 11 is 0. The van der Waals surface area contributed by atoms with Crippen LogP contribution in [0.4, 0.5) is 17.6 Å². The molecule has 1 N–H and O–H groups in total. The maximum absolute atomic E-state index is 14.5. The molecular weight excluding hydrogens is 596 g/mol. The molecule has 0 aliphatic rings. The Morgan fingerprint density at radius 2 is 1.17 bits per heavy atom. The van der Waals surface area contributed by atoms with Crippen molar-refractivity contribution in [2.24, 2.45) is 0 Å². The molecule has 0 aliphatic heterocycles. The lowest BCUT2D eigenvalue weighted by Gasteiger charge is -2.18. The van der Waals surface area contributed by atoms with Gasteiger partial charge in [-0.1, -0.05) is 55.5 Å². The zero-order valence-corrected chi connectivity index (χ0v) is 25.1. The van der Waals surface area contributed by atoms with Gasteiger partial charge in [-0.05, 0) is 94.8 Å². The second-order valence-electron chi connectivity index (χ2n) is 10.6. The van der Waals surface area contributed by atoms with Crippen LogP contribution in [0.5, 0.6) is 11.5 Å². The van der Waals surface area contributed by atoms with Crippen molar-refractivity contribution in [2.45, 2.75) is 20.3 Å². The topological polar surface area (TPSA) is 55.8 Å². The van der Waals surface area contributed by atoms with Crippen LogP contribution in [0.3, 0.4) is 0 Å². The van der Waals surface area contributed by atoms with Crippen LogP contribution in [0.25, 0.3) is 27.8 Å². The normalized spacial score (nSPS) is 10.8. The molecule has 0 aromatic heterocycles. The number of rotatable bonds is 11. The van der Waals surface area contributed by atoms with Crippen molar-refractivity contribution in [2.75, 3.05) is 13.2 Å². The average molecular weight is 627 g/mol. The first-order valence-corrected chi connectivity index (χ1v) is 14.5. The Morgan fingerprint density at radius 1 is 0.652 bits per heavy atom. The van der Waals surface area contributed by atoms with Crippen molar-refractivity contribution in [3.8, 4) is 33.8 Å². The Kier molecular flexibility index (Phi) is 9.86. The first-order valence-electron chi connectivity index (χ1n) is 14.5. The van der Waals surface area contributed by atoms with Gasteiger partial charge in [0.1, 0.15) is 41.4 Å². The van der Waals surface area contributed by atoms with Crippen LogP contribution >= 0.6 is 0 Å². The molecule has 0 amide bonds. The lowest BCUT2D eigenvalue weighted by molar-refractivity contribution is -0.139. The summed E-state index contributed by atoms with van der Waals surface area (Å²) < 4.78 is 67.5. The molecule has 0 bridgehead atoms. The minimum Gasteiger partial charge on any atom is -0.489 e. The number of carboxylic acid groups (broad SMARTS) is 1. The number of hydrogen-bond acceptors (Lipinski definition) is 3. The molecule has 4 nitrogen and oxygen atoms in total. The molecule has 5 aromatic rings. The first-order chi connectivity index (χ1) is 22.1. The summed E-state index contributed by atoms with van der Waals surface area (Å²) in [6, 6.07) is 26.5. The molecule has 0 unspecified atom stereocenters. The van der Waals surface area contributed by atoms with E-state index in [4.69, 9.17) is 14.6 Å². The zero-order chi connectivity index (χ0) is 32.8. The van der Waals surface area contributed by atoms with E-state index in [0.29, 0.717) is 34.6 Å². The number of aryl methyl sites for hydroxylation is 1. The van der Waals surface area contributed by atoms with E-state index in [9.17, 15) is 22.4 Å². The first kappa shape index (κ1) is 32.0. The van der Waals surface area contributed by atoms with E-state index in [1.165, 1.54) is 24.3 Å². The molecule has 234 valence electrons. The molecule has 8 heteroatoms. The van der Waals surface area contributed by atoms with Crippen LogP contribution in [0.2, 0.25) is 0 Å². The highest BCUT2D eigenvalue weighted by atomic mass is 19.1. The largest absolute Gasteiger partial charge is 0.489 e. The number of aliphatic carboxylic acids is 1. The average Bonchev–Trinajstić information content (AvgIpc) is 3.03. The summed E-state index contributed by atoms with van der Waals surface area (Å²) in [4.78, 5) is 10.9. The van der Waals surface area contributed by atoms with Crippen molar-refractivity contribution < 1.29 is 36.9 Å². The molecule has 5 rings (SSSR count). The van der Waals surface area contributed by atoms with Crippen LogP contribution in [-0.4, -0.2) is 24.3 Å². The van der Waals surface area contributed by atoms with Crippen LogP contribution in [0.15, 0.2) is 109 Å². The third-order valence-corrected chi connectivity index (χ3v) is 7.52. The van der Waals surface area contributed by atoms with Crippen molar-refractivity contribution in [1.29, 1.82) is 0 Å². The summed E-state index contributed by atoms with van der Waals surface area (Å²) in [5.74, 6) is -2.70. The fourth-order valence-corrected chi connectivity index (χ4v) is 5.19. The van der Waals surface area contributed by atoms with E-state index >= 15 is 0 Å². The Balaban J connectivity index is 1.51. The highest BCUT2D eigenvalue weighted by Gasteiger charge is 2.15. The van der Waals surface area contributed by atoms with Gasteiger partial charge in [0.15, 0.2) is 6.61 Å². The van der Waals surface area contributed by atoms with E-state index < -0.39 is 35.8 Å². The van der Waals surface area contributed by atoms with E-state index in [2.05, 4.69) is 0 Å². The van der Waals surface area contributed by atoms with Crippen LogP contribution in [0.1, 0.15) is 30.0 Å². The summed E-state index contributed by atoms with van der Waals surface area (Å²) in [7, 11) is 0. The fraction of sp³-hybridized carbons (Fsp3) is 0.132. The highest BCUT2D eigenvalue weighted by Crippen LogP contribution is 2.34. The third-order valence-electron chi connectivity index (χ3n) is 7.52. The van der Waals surface area contributed by atoms with Gasteiger partial charge in [-0.2, -0.15) is 0 Å². The van der Waals surface area contributed by atoms with Crippen molar-refractivity contribution in [3.05, 3.63) is 149 Å². The van der Waals surface area contributed by atoms with Gasteiger partial charge in [0.2, 0.25) is 0 Å². The maximum Gasteiger partial charge on any atom is 0.341 e. The van der Waals surface area contributed by atoms with Gasteiger partial charge in [-0.15, -0.1) is 0 Å². The van der Waals surface area contributed by atoms with Gasteiger partial charge in [-0.3, -0.25) is 0 Å². The molecule has 46 heavy (non-hydrogen) atoms. The molecule has 0 heterocycles. The predicted molar refractivity (Wildman–Crippen MR) is 170 cm³/mol. The minimum absolute atomic E-state index is 0.212. The van der Waals surface area contributed by atoms with Crippen molar-refractivity contribution in [1.82, 2.24) is 0 Å². The molecule has 0 spiro atoms. The third kappa shape index (κ3) is 7.46. The van der Waals surface area contributed by atoms with Crippen LogP contribution < -0.4 is 9.47 Å². The molecule has 5 aromatic carbocycles. The summed E-state index contributed by atoms with van der Waals surface area (Å²) in [5, 5.41) is 8.91. The van der Waals surface area contributed by atoms with E-state index in [1.54, 1.807) is 49.4 Å². The van der Waals surface area contributed by atoms with Gasteiger partial charge < -0.3 is 14.6 Å². The number of ether oxygens (including phenoxy) is 2. The quantitative estimate of drug-likeness (QED) is 0.148. The van der Waals surface area contributed by atoms with Gasteiger partial charge >= 0.3 is 5.97 Å². The van der Waals surface area contributed by atoms with Crippen LogP contribution in [-0.2, 0) is 4.79 Å².